The molecule has 3 nitrogen and oxygen atoms in total. The maximum Gasteiger partial charge on any atom is 0.115 e. The summed E-state index contributed by atoms with van der Waals surface area (Å²) in [6, 6.07) is 5.99. The van der Waals surface area contributed by atoms with Crippen LogP contribution in [0.5, 0.6) is 5.75 Å². The lowest BCUT2D eigenvalue weighted by molar-refractivity contribution is 0.0406. The van der Waals surface area contributed by atoms with Gasteiger partial charge in [-0.1, -0.05) is 15.9 Å². The quantitative estimate of drug-likeness (QED) is 0.931. The lowest BCUT2D eigenvalue weighted by Gasteiger charge is -2.31. The van der Waals surface area contributed by atoms with Gasteiger partial charge in [0.05, 0.1) is 0 Å². The first-order chi connectivity index (χ1) is 8.16. The lowest BCUT2D eigenvalue weighted by Crippen LogP contribution is -2.36. The van der Waals surface area contributed by atoms with Crippen molar-refractivity contribution >= 4 is 15.9 Å². The zero-order valence-electron chi connectivity index (χ0n) is 10.0. The van der Waals surface area contributed by atoms with E-state index in [1.54, 1.807) is 6.07 Å². The molecule has 0 spiro atoms. The van der Waals surface area contributed by atoms with E-state index in [9.17, 15) is 5.11 Å². The van der Waals surface area contributed by atoms with Gasteiger partial charge in [0.25, 0.3) is 0 Å². The minimum absolute atomic E-state index is 0.323. The van der Waals surface area contributed by atoms with E-state index in [1.807, 2.05) is 12.1 Å². The minimum atomic E-state index is 0.323. The van der Waals surface area contributed by atoms with Crippen molar-refractivity contribution in [1.82, 2.24) is 4.90 Å². The van der Waals surface area contributed by atoms with Crippen LogP contribution in [0.3, 0.4) is 0 Å². The van der Waals surface area contributed by atoms with Gasteiger partial charge in [-0.2, -0.15) is 0 Å². The van der Waals surface area contributed by atoms with Gasteiger partial charge in [-0.05, 0) is 43.7 Å². The first-order valence-corrected chi connectivity index (χ1v) is 6.71. The number of hydrogen-bond donors (Lipinski definition) is 1. The molecule has 1 N–H and O–H groups in total. The van der Waals surface area contributed by atoms with Crippen LogP contribution < -0.4 is 0 Å². The summed E-state index contributed by atoms with van der Waals surface area (Å²) in [4.78, 5) is 2.34. The Morgan fingerprint density at radius 1 is 1.41 bits per heavy atom. The summed E-state index contributed by atoms with van der Waals surface area (Å²) < 4.78 is 6.42. The van der Waals surface area contributed by atoms with Gasteiger partial charge in [0.15, 0.2) is 0 Å². The minimum Gasteiger partial charge on any atom is -0.508 e. The Kier molecular flexibility index (Phi) is 4.42. The highest BCUT2D eigenvalue weighted by Gasteiger charge is 2.19. The number of hydrogen-bond acceptors (Lipinski definition) is 3. The molecule has 0 unspecified atom stereocenters. The van der Waals surface area contributed by atoms with E-state index >= 15 is 0 Å². The number of halogens is 1. The molecule has 0 bridgehead atoms. The standard InChI is InChI=1S/C13H18BrNO2/c1-15(11-4-6-17-7-5-11)9-10-8-12(16)2-3-13(10)14/h2-3,8,11,16H,4-7,9H2,1H3. The molecule has 1 saturated heterocycles. The number of benzene rings is 1. The number of nitrogens with zero attached hydrogens (tertiary/aromatic N) is 1. The molecule has 1 heterocycles. The van der Waals surface area contributed by atoms with Crippen molar-refractivity contribution in [3.63, 3.8) is 0 Å². The highest BCUT2D eigenvalue weighted by Crippen LogP contribution is 2.24. The topological polar surface area (TPSA) is 32.7 Å². The van der Waals surface area contributed by atoms with Crippen LogP contribution in [0.25, 0.3) is 0 Å². The van der Waals surface area contributed by atoms with Gasteiger partial charge in [0, 0.05) is 30.3 Å². The van der Waals surface area contributed by atoms with E-state index in [0.29, 0.717) is 11.8 Å². The van der Waals surface area contributed by atoms with Crippen LogP contribution in [-0.4, -0.2) is 36.3 Å². The van der Waals surface area contributed by atoms with Crippen LogP contribution in [0.4, 0.5) is 0 Å². The van der Waals surface area contributed by atoms with Gasteiger partial charge in [-0.25, -0.2) is 0 Å². The number of phenols is 1. The first kappa shape index (κ1) is 12.9. The predicted molar refractivity (Wildman–Crippen MR) is 71.1 cm³/mol. The van der Waals surface area contributed by atoms with E-state index in [-0.39, 0.29) is 0 Å². The van der Waals surface area contributed by atoms with Crippen LogP contribution in [0.1, 0.15) is 18.4 Å². The smallest absolute Gasteiger partial charge is 0.115 e. The normalized spacial score (nSPS) is 17.6. The van der Waals surface area contributed by atoms with Crippen molar-refractivity contribution in [2.24, 2.45) is 0 Å². The summed E-state index contributed by atoms with van der Waals surface area (Å²) in [5.74, 6) is 0.323. The summed E-state index contributed by atoms with van der Waals surface area (Å²) in [6.07, 6.45) is 2.18. The van der Waals surface area contributed by atoms with Gasteiger partial charge in [-0.3, -0.25) is 4.90 Å². The SMILES string of the molecule is CN(Cc1cc(O)ccc1Br)C1CCOCC1. The molecule has 4 heteroatoms. The number of phenolic OH excluding ortho intramolecular Hbond substituents is 1. The summed E-state index contributed by atoms with van der Waals surface area (Å²) in [6.45, 7) is 2.56. The zero-order valence-corrected chi connectivity index (χ0v) is 11.6. The fraction of sp³-hybridized carbons (Fsp3) is 0.538. The fourth-order valence-corrected chi connectivity index (χ4v) is 2.58. The van der Waals surface area contributed by atoms with Crippen molar-refractivity contribution in [3.8, 4) is 5.75 Å². The van der Waals surface area contributed by atoms with Crippen molar-refractivity contribution in [2.45, 2.75) is 25.4 Å². The second-order valence-corrected chi connectivity index (χ2v) is 5.39. The van der Waals surface area contributed by atoms with Crippen LogP contribution in [0, 0.1) is 0 Å². The van der Waals surface area contributed by atoms with E-state index in [0.717, 1.165) is 42.6 Å². The third kappa shape index (κ3) is 3.44. The van der Waals surface area contributed by atoms with Crippen LogP contribution in [0.15, 0.2) is 22.7 Å². The summed E-state index contributed by atoms with van der Waals surface area (Å²) in [7, 11) is 2.13. The molecule has 2 rings (SSSR count). The molecule has 1 fully saturated rings. The number of aromatic hydroxyl groups is 1. The Bertz CT molecular complexity index is 378. The summed E-state index contributed by atoms with van der Waals surface area (Å²) >= 11 is 3.52. The third-order valence-electron chi connectivity index (χ3n) is 3.26. The van der Waals surface area contributed by atoms with E-state index < -0.39 is 0 Å². The van der Waals surface area contributed by atoms with E-state index in [4.69, 9.17) is 4.74 Å². The largest absolute Gasteiger partial charge is 0.508 e. The molecular weight excluding hydrogens is 282 g/mol. The Hall–Kier alpha value is -0.580. The van der Waals surface area contributed by atoms with Gasteiger partial charge in [0.1, 0.15) is 5.75 Å². The molecule has 0 aromatic heterocycles. The Labute approximate surface area is 111 Å². The Morgan fingerprint density at radius 3 is 2.82 bits per heavy atom. The van der Waals surface area contributed by atoms with Crippen LogP contribution >= 0.6 is 15.9 Å². The maximum atomic E-state index is 9.50. The second-order valence-electron chi connectivity index (χ2n) is 4.53. The first-order valence-electron chi connectivity index (χ1n) is 5.92. The molecule has 17 heavy (non-hydrogen) atoms. The average Bonchev–Trinajstić information content (AvgIpc) is 2.35. The molecule has 1 aromatic rings. The molecule has 0 saturated carbocycles. The second kappa shape index (κ2) is 5.85. The predicted octanol–water partition coefficient (Wildman–Crippen LogP) is 2.77. The lowest BCUT2D eigenvalue weighted by atomic mass is 10.1. The third-order valence-corrected chi connectivity index (χ3v) is 4.04. The van der Waals surface area contributed by atoms with E-state index in [1.165, 1.54) is 0 Å². The maximum absolute atomic E-state index is 9.50. The van der Waals surface area contributed by atoms with Crippen molar-refractivity contribution in [3.05, 3.63) is 28.2 Å². The van der Waals surface area contributed by atoms with Gasteiger partial charge < -0.3 is 9.84 Å². The number of ether oxygens (including phenoxy) is 1. The molecule has 0 atom stereocenters. The molecule has 94 valence electrons. The molecule has 0 radical (unpaired) electrons. The van der Waals surface area contributed by atoms with Crippen molar-refractivity contribution < 1.29 is 9.84 Å². The summed E-state index contributed by atoms with van der Waals surface area (Å²) in [5.41, 5.74) is 1.12. The Balaban J connectivity index is 2.01. The Morgan fingerprint density at radius 2 is 2.12 bits per heavy atom. The van der Waals surface area contributed by atoms with Gasteiger partial charge in [-0.15, -0.1) is 0 Å². The monoisotopic (exact) mass is 299 g/mol. The molecule has 1 aliphatic heterocycles. The van der Waals surface area contributed by atoms with Crippen LogP contribution in [-0.2, 0) is 11.3 Å². The number of rotatable bonds is 3. The molecule has 1 aromatic carbocycles. The zero-order chi connectivity index (χ0) is 12.3. The summed E-state index contributed by atoms with van der Waals surface area (Å²) in [5, 5.41) is 9.50. The highest BCUT2D eigenvalue weighted by atomic mass is 79.9. The molecule has 1 aliphatic rings. The van der Waals surface area contributed by atoms with E-state index in [2.05, 4.69) is 27.9 Å². The van der Waals surface area contributed by atoms with Crippen molar-refractivity contribution in [1.29, 1.82) is 0 Å². The molecule has 0 aliphatic carbocycles. The van der Waals surface area contributed by atoms with Gasteiger partial charge >= 0.3 is 0 Å². The molecule has 0 amide bonds. The van der Waals surface area contributed by atoms with Crippen molar-refractivity contribution in [2.75, 3.05) is 20.3 Å². The highest BCUT2D eigenvalue weighted by molar-refractivity contribution is 9.10. The van der Waals surface area contributed by atoms with Gasteiger partial charge in [0.2, 0.25) is 0 Å². The molecular formula is C13H18BrNO2. The average molecular weight is 300 g/mol. The fourth-order valence-electron chi connectivity index (χ4n) is 2.21. The van der Waals surface area contributed by atoms with Crippen LogP contribution in [0.2, 0.25) is 0 Å².